The summed E-state index contributed by atoms with van der Waals surface area (Å²) in [5, 5.41) is 19.5. The molecule has 1 unspecified atom stereocenters. The van der Waals surface area contributed by atoms with Gasteiger partial charge in [0.25, 0.3) is 0 Å². The number of nitrogens with zero attached hydrogens (tertiary/aromatic N) is 1. The first-order chi connectivity index (χ1) is 5.89. The fourth-order valence-electron chi connectivity index (χ4n) is 1.20. The Hall–Kier alpha value is 0.360. The lowest BCUT2D eigenvalue weighted by Gasteiger charge is -2.29. The molecule has 2 N–H and O–H groups in total. The number of aliphatic hydroxyl groups excluding tert-OH is 1. The van der Waals surface area contributed by atoms with Crippen molar-refractivity contribution in [2.75, 3.05) is 25.0 Å². The maximum atomic E-state index is 9.57. The van der Waals surface area contributed by atoms with Crippen LogP contribution in [0.1, 0.15) is 20.8 Å². The van der Waals surface area contributed by atoms with Gasteiger partial charge in [-0.3, -0.25) is 4.90 Å². The average molecular weight is 254 g/mol. The summed E-state index contributed by atoms with van der Waals surface area (Å²) in [5.74, 6) is 0. The molecule has 0 heterocycles. The van der Waals surface area contributed by atoms with E-state index in [0.29, 0.717) is 18.4 Å². The number of rotatable bonds is 6. The van der Waals surface area contributed by atoms with E-state index in [1.165, 1.54) is 0 Å². The van der Waals surface area contributed by atoms with Crippen LogP contribution in [0.15, 0.2) is 0 Å². The van der Waals surface area contributed by atoms with Crippen LogP contribution >= 0.6 is 15.9 Å². The van der Waals surface area contributed by atoms with Crippen molar-refractivity contribution in [2.45, 2.75) is 32.5 Å². The van der Waals surface area contributed by atoms with Crippen LogP contribution in [-0.4, -0.2) is 51.8 Å². The molecule has 0 aromatic rings. The largest absolute Gasteiger partial charge is 0.391 e. The van der Waals surface area contributed by atoms with Crippen molar-refractivity contribution in [3.8, 4) is 0 Å². The van der Waals surface area contributed by atoms with E-state index in [0.717, 1.165) is 6.54 Å². The van der Waals surface area contributed by atoms with Crippen LogP contribution in [-0.2, 0) is 0 Å². The van der Waals surface area contributed by atoms with Crippen molar-refractivity contribution in [2.24, 2.45) is 0 Å². The van der Waals surface area contributed by atoms with E-state index in [2.05, 4.69) is 15.9 Å². The summed E-state index contributed by atoms with van der Waals surface area (Å²) < 4.78 is 0. The first-order valence-electron chi connectivity index (χ1n) is 4.57. The van der Waals surface area contributed by atoms with Gasteiger partial charge in [-0.15, -0.1) is 0 Å². The fourth-order valence-corrected chi connectivity index (χ4v) is 1.40. The van der Waals surface area contributed by atoms with E-state index in [1.54, 1.807) is 13.8 Å². The van der Waals surface area contributed by atoms with Crippen LogP contribution in [0.3, 0.4) is 0 Å². The molecule has 80 valence electrons. The molecule has 0 aliphatic heterocycles. The smallest absolute Gasteiger partial charge is 0.0763 e. The van der Waals surface area contributed by atoms with Crippen molar-refractivity contribution in [1.82, 2.24) is 4.90 Å². The van der Waals surface area contributed by atoms with Crippen molar-refractivity contribution < 1.29 is 10.2 Å². The minimum absolute atomic E-state index is 0.359. The lowest BCUT2D eigenvalue weighted by atomic mass is 10.1. The zero-order valence-electron chi connectivity index (χ0n) is 8.63. The third-order valence-electron chi connectivity index (χ3n) is 1.70. The molecule has 0 amide bonds. The summed E-state index contributed by atoms with van der Waals surface area (Å²) in [6, 6.07) is 0. The van der Waals surface area contributed by atoms with E-state index in [1.807, 2.05) is 11.8 Å². The molecular weight excluding hydrogens is 234 g/mol. The maximum absolute atomic E-state index is 9.57. The second-order valence-corrected chi connectivity index (χ2v) is 4.60. The van der Waals surface area contributed by atoms with Crippen molar-refractivity contribution in [3.05, 3.63) is 0 Å². The number of hydrogen-bond acceptors (Lipinski definition) is 3. The Balaban J connectivity index is 3.89. The molecule has 1 atom stereocenters. The summed E-state index contributed by atoms with van der Waals surface area (Å²) in [7, 11) is 0. The molecule has 0 aromatic heterocycles. The van der Waals surface area contributed by atoms with Gasteiger partial charge in [0, 0.05) is 18.4 Å². The van der Waals surface area contributed by atoms with Gasteiger partial charge in [0.15, 0.2) is 0 Å². The first-order valence-corrected chi connectivity index (χ1v) is 5.70. The Morgan fingerprint density at radius 3 is 2.31 bits per heavy atom. The summed E-state index contributed by atoms with van der Waals surface area (Å²) in [4.78, 5) is 2.03. The highest BCUT2D eigenvalue weighted by molar-refractivity contribution is 9.09. The highest BCUT2D eigenvalue weighted by Gasteiger charge is 2.18. The van der Waals surface area contributed by atoms with E-state index in [4.69, 9.17) is 0 Å². The Labute approximate surface area is 88.9 Å². The van der Waals surface area contributed by atoms with Gasteiger partial charge in [-0.05, 0) is 20.4 Å². The number of likely N-dealkylation sites (N-methyl/N-ethyl adjacent to an activating group) is 1. The molecule has 0 bridgehead atoms. The van der Waals surface area contributed by atoms with Crippen LogP contribution in [0.5, 0.6) is 0 Å². The molecule has 0 spiro atoms. The SMILES string of the molecule is CCN(CC(O)CBr)CC(C)(C)O. The molecule has 0 aliphatic rings. The molecule has 0 radical (unpaired) electrons. The van der Waals surface area contributed by atoms with Crippen LogP contribution in [0, 0.1) is 0 Å². The van der Waals surface area contributed by atoms with Crippen LogP contribution in [0.4, 0.5) is 0 Å². The average Bonchev–Trinajstić information content (AvgIpc) is 2.00. The van der Waals surface area contributed by atoms with Crippen molar-refractivity contribution >= 4 is 15.9 Å². The summed E-state index contributed by atoms with van der Waals surface area (Å²) in [6.07, 6.45) is -0.359. The topological polar surface area (TPSA) is 43.7 Å². The Morgan fingerprint density at radius 2 is 2.00 bits per heavy atom. The van der Waals surface area contributed by atoms with Gasteiger partial charge in [0.05, 0.1) is 11.7 Å². The maximum Gasteiger partial charge on any atom is 0.0763 e. The zero-order chi connectivity index (χ0) is 10.5. The number of halogens is 1. The van der Waals surface area contributed by atoms with E-state index < -0.39 is 5.60 Å². The molecule has 0 fully saturated rings. The Kier molecular flexibility index (Phi) is 6.12. The minimum Gasteiger partial charge on any atom is -0.391 e. The standard InChI is InChI=1S/C9H20BrNO2/c1-4-11(6-8(12)5-10)7-9(2,3)13/h8,12-13H,4-7H2,1-3H3. The minimum atomic E-state index is -0.692. The van der Waals surface area contributed by atoms with Crippen LogP contribution in [0.2, 0.25) is 0 Å². The number of alkyl halides is 1. The van der Waals surface area contributed by atoms with Crippen molar-refractivity contribution in [1.29, 1.82) is 0 Å². The molecule has 13 heavy (non-hydrogen) atoms. The van der Waals surface area contributed by atoms with Gasteiger partial charge in [-0.25, -0.2) is 0 Å². The number of hydrogen-bond donors (Lipinski definition) is 2. The van der Waals surface area contributed by atoms with Gasteiger partial charge < -0.3 is 10.2 Å². The lowest BCUT2D eigenvalue weighted by molar-refractivity contribution is 0.0241. The predicted octanol–water partition coefficient (Wildman–Crippen LogP) is 0.835. The zero-order valence-corrected chi connectivity index (χ0v) is 10.2. The highest BCUT2D eigenvalue weighted by atomic mass is 79.9. The molecule has 0 aromatic carbocycles. The van der Waals surface area contributed by atoms with Gasteiger partial charge in [0.1, 0.15) is 0 Å². The summed E-state index contributed by atoms with van der Waals surface area (Å²) >= 11 is 3.21. The molecule has 4 heteroatoms. The van der Waals surface area contributed by atoms with Gasteiger partial charge >= 0.3 is 0 Å². The molecule has 0 saturated carbocycles. The third-order valence-corrected chi connectivity index (χ3v) is 2.45. The van der Waals surface area contributed by atoms with Crippen LogP contribution < -0.4 is 0 Å². The summed E-state index contributed by atoms with van der Waals surface area (Å²) in [5.41, 5.74) is -0.692. The first kappa shape index (κ1) is 13.4. The Morgan fingerprint density at radius 1 is 1.46 bits per heavy atom. The second-order valence-electron chi connectivity index (χ2n) is 3.95. The number of aliphatic hydroxyl groups is 2. The van der Waals surface area contributed by atoms with E-state index in [9.17, 15) is 10.2 Å². The Bertz CT molecular complexity index is 136. The normalized spacial score (nSPS) is 15.0. The lowest BCUT2D eigenvalue weighted by Crippen LogP contribution is -2.42. The monoisotopic (exact) mass is 253 g/mol. The third kappa shape index (κ3) is 7.43. The summed E-state index contributed by atoms with van der Waals surface area (Å²) in [6.45, 7) is 7.60. The second kappa shape index (κ2) is 5.96. The van der Waals surface area contributed by atoms with Gasteiger partial charge in [0.2, 0.25) is 0 Å². The van der Waals surface area contributed by atoms with Gasteiger partial charge in [-0.1, -0.05) is 22.9 Å². The molecule has 3 nitrogen and oxygen atoms in total. The van der Waals surface area contributed by atoms with Crippen molar-refractivity contribution in [3.63, 3.8) is 0 Å². The highest BCUT2D eigenvalue weighted by Crippen LogP contribution is 2.05. The van der Waals surface area contributed by atoms with Gasteiger partial charge in [-0.2, -0.15) is 0 Å². The molecule has 0 saturated heterocycles. The van der Waals surface area contributed by atoms with E-state index >= 15 is 0 Å². The fraction of sp³-hybridized carbons (Fsp3) is 1.00. The predicted molar refractivity (Wildman–Crippen MR) is 58.2 cm³/mol. The van der Waals surface area contributed by atoms with Crippen LogP contribution in [0.25, 0.3) is 0 Å². The molecule has 0 aliphatic carbocycles. The molecular formula is C9H20BrNO2. The quantitative estimate of drug-likeness (QED) is 0.690. The molecule has 0 rings (SSSR count). The van der Waals surface area contributed by atoms with E-state index in [-0.39, 0.29) is 6.10 Å².